The molecule has 146 valence electrons. The van der Waals surface area contributed by atoms with Gasteiger partial charge in [-0.3, -0.25) is 4.79 Å². The Kier molecular flexibility index (Phi) is 6.43. The molecule has 0 saturated heterocycles. The number of nitrogens with zero attached hydrogens (tertiary/aromatic N) is 2. The standard InChI is InChI=1S/C19H18ClN3O4S/c20-15-6-8-16(9-7-15)28(25,26)13-17-22-19(27-23-17)11-10-18(24)21-12-14-4-2-1-3-5-14/h1-9H,10-13H2,(H,21,24). The van der Waals surface area contributed by atoms with Crippen LogP contribution in [-0.2, 0) is 33.4 Å². The first-order chi connectivity index (χ1) is 13.4. The lowest BCUT2D eigenvalue weighted by Gasteiger charge is -2.03. The van der Waals surface area contributed by atoms with Crippen LogP contribution in [0.4, 0.5) is 0 Å². The number of benzene rings is 2. The van der Waals surface area contributed by atoms with E-state index in [1.807, 2.05) is 30.3 Å². The fourth-order valence-electron chi connectivity index (χ4n) is 2.45. The van der Waals surface area contributed by atoms with Crippen molar-refractivity contribution in [2.75, 3.05) is 0 Å². The van der Waals surface area contributed by atoms with Gasteiger partial charge in [0.2, 0.25) is 11.8 Å². The molecule has 3 aromatic rings. The zero-order valence-electron chi connectivity index (χ0n) is 14.8. The van der Waals surface area contributed by atoms with Gasteiger partial charge in [-0.1, -0.05) is 47.1 Å². The second kappa shape index (κ2) is 8.99. The van der Waals surface area contributed by atoms with E-state index in [0.29, 0.717) is 11.6 Å². The summed E-state index contributed by atoms with van der Waals surface area (Å²) in [6.45, 7) is 0.439. The number of aromatic nitrogens is 2. The summed E-state index contributed by atoms with van der Waals surface area (Å²) in [6, 6.07) is 15.4. The van der Waals surface area contributed by atoms with Gasteiger partial charge in [0.1, 0.15) is 5.75 Å². The largest absolute Gasteiger partial charge is 0.352 e. The van der Waals surface area contributed by atoms with Crippen molar-refractivity contribution in [3.63, 3.8) is 0 Å². The van der Waals surface area contributed by atoms with Gasteiger partial charge < -0.3 is 9.84 Å². The maximum absolute atomic E-state index is 12.4. The Morgan fingerprint density at radius 2 is 1.79 bits per heavy atom. The van der Waals surface area contributed by atoms with Crippen LogP contribution < -0.4 is 5.32 Å². The van der Waals surface area contributed by atoms with E-state index in [9.17, 15) is 13.2 Å². The topological polar surface area (TPSA) is 102 Å². The van der Waals surface area contributed by atoms with Gasteiger partial charge in [-0.25, -0.2) is 8.42 Å². The third kappa shape index (κ3) is 5.64. The number of amides is 1. The zero-order valence-corrected chi connectivity index (χ0v) is 16.4. The lowest BCUT2D eigenvalue weighted by atomic mass is 10.2. The monoisotopic (exact) mass is 419 g/mol. The van der Waals surface area contributed by atoms with Crippen LogP contribution in [0.2, 0.25) is 5.02 Å². The van der Waals surface area contributed by atoms with Crippen LogP contribution in [0.15, 0.2) is 64.0 Å². The highest BCUT2D eigenvalue weighted by Crippen LogP contribution is 2.18. The van der Waals surface area contributed by atoms with Crippen molar-refractivity contribution >= 4 is 27.3 Å². The van der Waals surface area contributed by atoms with E-state index in [1.54, 1.807) is 0 Å². The molecule has 3 rings (SSSR count). The van der Waals surface area contributed by atoms with E-state index in [-0.39, 0.29) is 35.4 Å². The second-order valence-electron chi connectivity index (χ2n) is 6.08. The number of sulfone groups is 1. The Balaban J connectivity index is 1.51. The minimum Gasteiger partial charge on any atom is -0.352 e. The van der Waals surface area contributed by atoms with Crippen LogP contribution >= 0.6 is 11.6 Å². The highest BCUT2D eigenvalue weighted by Gasteiger charge is 2.19. The van der Waals surface area contributed by atoms with E-state index in [0.717, 1.165) is 5.56 Å². The summed E-state index contributed by atoms with van der Waals surface area (Å²) < 4.78 is 29.8. The van der Waals surface area contributed by atoms with Crippen molar-refractivity contribution in [1.29, 1.82) is 0 Å². The Hall–Kier alpha value is -2.71. The van der Waals surface area contributed by atoms with Crippen LogP contribution in [0.5, 0.6) is 0 Å². The SMILES string of the molecule is O=C(CCc1nc(CS(=O)(=O)c2ccc(Cl)cc2)no1)NCc1ccccc1. The number of hydrogen-bond donors (Lipinski definition) is 1. The smallest absolute Gasteiger partial charge is 0.227 e. The maximum atomic E-state index is 12.4. The van der Waals surface area contributed by atoms with Gasteiger partial charge in [-0.15, -0.1) is 0 Å². The summed E-state index contributed by atoms with van der Waals surface area (Å²) in [5, 5.41) is 6.95. The number of carbonyl (C=O) groups is 1. The average molecular weight is 420 g/mol. The molecule has 1 aromatic heterocycles. The molecule has 7 nitrogen and oxygen atoms in total. The number of carbonyl (C=O) groups excluding carboxylic acids is 1. The van der Waals surface area contributed by atoms with Crippen molar-refractivity contribution < 1.29 is 17.7 Å². The van der Waals surface area contributed by atoms with Gasteiger partial charge in [0.05, 0.1) is 4.90 Å². The van der Waals surface area contributed by atoms with Crippen LogP contribution in [0.25, 0.3) is 0 Å². The summed E-state index contributed by atoms with van der Waals surface area (Å²) in [5.41, 5.74) is 1.00. The summed E-state index contributed by atoms with van der Waals surface area (Å²) in [7, 11) is -3.61. The molecule has 1 heterocycles. The Morgan fingerprint density at radius 1 is 1.07 bits per heavy atom. The van der Waals surface area contributed by atoms with Crippen LogP contribution in [-0.4, -0.2) is 24.5 Å². The fraction of sp³-hybridized carbons (Fsp3) is 0.211. The molecule has 0 fully saturated rings. The van der Waals surface area contributed by atoms with Gasteiger partial charge in [-0.2, -0.15) is 4.98 Å². The van der Waals surface area contributed by atoms with Gasteiger partial charge >= 0.3 is 0 Å². The molecule has 0 aliphatic carbocycles. The van der Waals surface area contributed by atoms with E-state index >= 15 is 0 Å². The predicted octanol–water partition coefficient (Wildman–Crippen LogP) is 2.95. The van der Waals surface area contributed by atoms with Crippen molar-refractivity contribution in [3.05, 3.63) is 76.9 Å². The minimum absolute atomic E-state index is 0.0506. The molecule has 0 atom stereocenters. The van der Waals surface area contributed by atoms with Crippen molar-refractivity contribution in [2.45, 2.75) is 30.0 Å². The summed E-state index contributed by atoms with van der Waals surface area (Å²) in [4.78, 5) is 16.1. The fourth-order valence-corrected chi connectivity index (χ4v) is 3.75. The molecule has 0 aliphatic rings. The Morgan fingerprint density at radius 3 is 2.50 bits per heavy atom. The molecular weight excluding hydrogens is 402 g/mol. The summed E-state index contributed by atoms with van der Waals surface area (Å²) in [5.74, 6) is -0.276. The molecule has 28 heavy (non-hydrogen) atoms. The van der Waals surface area contributed by atoms with Crippen molar-refractivity contribution in [1.82, 2.24) is 15.5 Å². The molecule has 0 unspecified atom stereocenters. The first-order valence-corrected chi connectivity index (χ1v) is 10.6. The quantitative estimate of drug-likeness (QED) is 0.602. The number of nitrogens with one attached hydrogen (secondary N) is 1. The minimum atomic E-state index is -3.61. The predicted molar refractivity (Wildman–Crippen MR) is 103 cm³/mol. The third-order valence-corrected chi connectivity index (χ3v) is 5.78. The van der Waals surface area contributed by atoms with Gasteiger partial charge in [0, 0.05) is 24.4 Å². The number of hydrogen-bond acceptors (Lipinski definition) is 6. The van der Waals surface area contributed by atoms with Crippen molar-refractivity contribution in [2.24, 2.45) is 0 Å². The first-order valence-electron chi connectivity index (χ1n) is 8.53. The van der Waals surface area contributed by atoms with Crippen LogP contribution in [0.1, 0.15) is 23.7 Å². The lowest BCUT2D eigenvalue weighted by Crippen LogP contribution is -2.23. The molecule has 0 saturated carbocycles. The molecule has 1 amide bonds. The molecule has 0 bridgehead atoms. The molecule has 9 heteroatoms. The van der Waals surface area contributed by atoms with Crippen LogP contribution in [0.3, 0.4) is 0 Å². The second-order valence-corrected chi connectivity index (χ2v) is 8.51. The number of aryl methyl sites for hydroxylation is 1. The molecule has 2 aromatic carbocycles. The lowest BCUT2D eigenvalue weighted by molar-refractivity contribution is -0.121. The van der Waals surface area contributed by atoms with E-state index < -0.39 is 15.6 Å². The summed E-state index contributed by atoms with van der Waals surface area (Å²) >= 11 is 5.78. The van der Waals surface area contributed by atoms with Crippen molar-refractivity contribution in [3.8, 4) is 0 Å². The van der Waals surface area contributed by atoms with Gasteiger partial charge in [0.25, 0.3) is 0 Å². The average Bonchev–Trinajstić information content (AvgIpc) is 3.12. The maximum Gasteiger partial charge on any atom is 0.227 e. The third-order valence-electron chi connectivity index (χ3n) is 3.90. The highest BCUT2D eigenvalue weighted by molar-refractivity contribution is 7.90. The van der Waals surface area contributed by atoms with E-state index in [1.165, 1.54) is 24.3 Å². The summed E-state index contributed by atoms with van der Waals surface area (Å²) in [6.07, 6.45) is 0.396. The first kappa shape index (κ1) is 20.0. The van der Waals surface area contributed by atoms with Crippen LogP contribution in [0, 0.1) is 0 Å². The molecule has 1 N–H and O–H groups in total. The van der Waals surface area contributed by atoms with E-state index in [4.69, 9.17) is 16.1 Å². The van der Waals surface area contributed by atoms with Gasteiger partial charge in [0.15, 0.2) is 15.7 Å². The van der Waals surface area contributed by atoms with Gasteiger partial charge in [-0.05, 0) is 29.8 Å². The normalized spacial score (nSPS) is 11.3. The Labute approximate surface area is 167 Å². The zero-order chi connectivity index (χ0) is 20.0. The highest BCUT2D eigenvalue weighted by atomic mass is 35.5. The number of rotatable bonds is 8. The molecule has 0 aliphatic heterocycles. The molecule has 0 radical (unpaired) electrons. The Bertz CT molecular complexity index is 1030. The molecular formula is C19H18ClN3O4S. The molecule has 0 spiro atoms. The number of halogens is 1. The van der Waals surface area contributed by atoms with E-state index in [2.05, 4.69) is 15.5 Å².